The zero-order valence-electron chi connectivity index (χ0n) is 22.4. The second-order valence-electron chi connectivity index (χ2n) is 9.20. The van der Waals surface area contributed by atoms with Crippen molar-refractivity contribution in [3.05, 3.63) is 77.5 Å². The lowest BCUT2D eigenvalue weighted by Crippen LogP contribution is -2.28. The molecule has 0 spiro atoms. The van der Waals surface area contributed by atoms with Crippen LogP contribution in [0.2, 0.25) is 0 Å². The van der Waals surface area contributed by atoms with E-state index in [1.165, 1.54) is 0 Å². The third-order valence-corrected chi connectivity index (χ3v) is 6.68. The molecule has 0 radical (unpaired) electrons. The van der Waals surface area contributed by atoms with E-state index < -0.39 is 0 Å². The maximum Gasteiger partial charge on any atom is 0.255 e. The van der Waals surface area contributed by atoms with E-state index in [0.29, 0.717) is 11.5 Å². The molecule has 0 saturated heterocycles. The molecule has 1 amide bonds. The highest BCUT2D eigenvalue weighted by Crippen LogP contribution is 2.29. The summed E-state index contributed by atoms with van der Waals surface area (Å²) in [4.78, 5) is 24.6. The van der Waals surface area contributed by atoms with Crippen molar-refractivity contribution in [1.82, 2.24) is 14.9 Å². The first-order valence-electron chi connectivity index (χ1n) is 12.9. The van der Waals surface area contributed by atoms with E-state index in [2.05, 4.69) is 63.7 Å². The first kappa shape index (κ1) is 26.1. The SMILES string of the molecule is CCN(CC)CCNc1ccc(C)cc1NC(=O)c1ccc(C)c(-c2ccc3nc(NC)ncc3c2)c1. The average molecular weight is 497 g/mol. The van der Waals surface area contributed by atoms with Gasteiger partial charge in [0.2, 0.25) is 5.95 Å². The molecular weight excluding hydrogens is 460 g/mol. The van der Waals surface area contributed by atoms with Gasteiger partial charge in [-0.3, -0.25) is 4.79 Å². The Morgan fingerprint density at radius 1 is 0.946 bits per heavy atom. The van der Waals surface area contributed by atoms with Gasteiger partial charge in [-0.1, -0.05) is 32.0 Å². The van der Waals surface area contributed by atoms with Crippen LogP contribution in [0.3, 0.4) is 0 Å². The molecule has 0 aliphatic carbocycles. The first-order chi connectivity index (χ1) is 17.9. The fourth-order valence-corrected chi connectivity index (χ4v) is 4.39. The molecule has 0 aliphatic rings. The van der Waals surface area contributed by atoms with Crippen molar-refractivity contribution in [2.75, 3.05) is 49.2 Å². The van der Waals surface area contributed by atoms with Crippen LogP contribution < -0.4 is 16.0 Å². The normalized spacial score (nSPS) is 11.1. The molecular formula is C30H36N6O. The third-order valence-electron chi connectivity index (χ3n) is 6.68. The number of aryl methyl sites for hydroxylation is 2. The summed E-state index contributed by atoms with van der Waals surface area (Å²) in [5.41, 5.74) is 7.41. The van der Waals surface area contributed by atoms with Crippen molar-refractivity contribution >= 4 is 34.1 Å². The second kappa shape index (κ2) is 11.8. The molecule has 37 heavy (non-hydrogen) atoms. The molecule has 4 rings (SSSR count). The second-order valence-corrected chi connectivity index (χ2v) is 9.20. The molecule has 7 heteroatoms. The summed E-state index contributed by atoms with van der Waals surface area (Å²) in [5.74, 6) is 0.453. The number of aromatic nitrogens is 2. The Bertz CT molecular complexity index is 1400. The molecule has 1 heterocycles. The summed E-state index contributed by atoms with van der Waals surface area (Å²) < 4.78 is 0. The molecule has 4 aromatic rings. The highest BCUT2D eigenvalue weighted by Gasteiger charge is 2.13. The first-order valence-corrected chi connectivity index (χ1v) is 12.9. The summed E-state index contributed by atoms with van der Waals surface area (Å²) in [6.45, 7) is 12.2. The van der Waals surface area contributed by atoms with Crippen LogP contribution in [0.15, 0.2) is 60.8 Å². The fraction of sp³-hybridized carbons (Fsp3) is 0.300. The zero-order chi connectivity index (χ0) is 26.4. The summed E-state index contributed by atoms with van der Waals surface area (Å²) in [5, 5.41) is 10.5. The van der Waals surface area contributed by atoms with E-state index in [1.54, 1.807) is 7.05 Å². The fourth-order valence-electron chi connectivity index (χ4n) is 4.39. The van der Waals surface area contributed by atoms with Crippen molar-refractivity contribution in [2.24, 2.45) is 0 Å². The van der Waals surface area contributed by atoms with Gasteiger partial charge in [-0.2, -0.15) is 0 Å². The minimum atomic E-state index is -0.138. The number of hydrogen-bond acceptors (Lipinski definition) is 6. The molecule has 0 saturated carbocycles. The van der Waals surface area contributed by atoms with Crippen molar-refractivity contribution in [3.63, 3.8) is 0 Å². The van der Waals surface area contributed by atoms with Gasteiger partial charge in [0.25, 0.3) is 5.91 Å². The number of nitrogens with one attached hydrogen (secondary N) is 3. The van der Waals surface area contributed by atoms with Crippen molar-refractivity contribution in [3.8, 4) is 11.1 Å². The Hall–Kier alpha value is -3.97. The Morgan fingerprint density at radius 2 is 1.76 bits per heavy atom. The number of likely N-dealkylation sites (N-methyl/N-ethyl adjacent to an activating group) is 1. The molecule has 0 fully saturated rings. The number of nitrogens with zero attached hydrogens (tertiary/aromatic N) is 3. The smallest absolute Gasteiger partial charge is 0.255 e. The highest BCUT2D eigenvalue weighted by atomic mass is 16.1. The maximum absolute atomic E-state index is 13.4. The number of amides is 1. The Kier molecular flexibility index (Phi) is 8.36. The predicted octanol–water partition coefficient (Wildman–Crippen LogP) is 5.96. The van der Waals surface area contributed by atoms with Gasteiger partial charge in [-0.25, -0.2) is 9.97 Å². The van der Waals surface area contributed by atoms with Crippen LogP contribution in [0.5, 0.6) is 0 Å². The molecule has 192 valence electrons. The Morgan fingerprint density at radius 3 is 2.51 bits per heavy atom. The van der Waals surface area contributed by atoms with Gasteiger partial charge in [0, 0.05) is 37.3 Å². The largest absolute Gasteiger partial charge is 0.382 e. The Balaban J connectivity index is 1.56. The van der Waals surface area contributed by atoms with Crippen LogP contribution >= 0.6 is 0 Å². The van der Waals surface area contributed by atoms with Gasteiger partial charge in [0.05, 0.1) is 16.9 Å². The molecule has 3 aromatic carbocycles. The van der Waals surface area contributed by atoms with Gasteiger partial charge in [0.1, 0.15) is 0 Å². The van der Waals surface area contributed by atoms with Crippen LogP contribution in [0.25, 0.3) is 22.0 Å². The number of anilines is 3. The van der Waals surface area contributed by atoms with E-state index >= 15 is 0 Å². The number of hydrogen-bond donors (Lipinski definition) is 3. The zero-order valence-corrected chi connectivity index (χ0v) is 22.4. The number of rotatable bonds is 10. The molecule has 0 unspecified atom stereocenters. The van der Waals surface area contributed by atoms with E-state index in [1.807, 2.05) is 55.6 Å². The van der Waals surface area contributed by atoms with Crippen LogP contribution in [0.4, 0.5) is 17.3 Å². The molecule has 0 aliphatic heterocycles. The predicted molar refractivity (Wildman–Crippen MR) is 155 cm³/mol. The number of benzene rings is 3. The summed E-state index contributed by atoms with van der Waals surface area (Å²) >= 11 is 0. The minimum absolute atomic E-state index is 0.138. The quantitative estimate of drug-likeness (QED) is 0.251. The third kappa shape index (κ3) is 6.24. The Labute approximate surface area is 219 Å². The molecule has 0 bridgehead atoms. The summed E-state index contributed by atoms with van der Waals surface area (Å²) in [7, 11) is 1.80. The maximum atomic E-state index is 13.4. The number of fused-ring (bicyclic) bond motifs is 1. The molecule has 7 nitrogen and oxygen atoms in total. The summed E-state index contributed by atoms with van der Waals surface area (Å²) in [6, 6.07) is 18.0. The van der Waals surface area contributed by atoms with Crippen molar-refractivity contribution in [1.29, 1.82) is 0 Å². The lowest BCUT2D eigenvalue weighted by atomic mass is 9.97. The van der Waals surface area contributed by atoms with Gasteiger partial charge in [-0.15, -0.1) is 0 Å². The standard InChI is InChI=1S/C30H36N6O/c1-6-36(7-2)15-14-32-27-12-8-20(3)16-28(27)34-29(37)23-10-9-21(4)25(18-23)22-11-13-26-24(17-22)19-33-30(31-5)35-26/h8-13,16-19,32H,6-7,14-15H2,1-5H3,(H,34,37)(H,31,33,35). The number of carbonyl (C=O) groups excluding carboxylic acids is 1. The van der Waals surface area contributed by atoms with Gasteiger partial charge in [0.15, 0.2) is 0 Å². The monoisotopic (exact) mass is 496 g/mol. The van der Waals surface area contributed by atoms with Crippen LogP contribution in [0.1, 0.15) is 35.3 Å². The minimum Gasteiger partial charge on any atom is -0.382 e. The van der Waals surface area contributed by atoms with Crippen molar-refractivity contribution in [2.45, 2.75) is 27.7 Å². The van der Waals surface area contributed by atoms with Crippen LogP contribution in [0, 0.1) is 13.8 Å². The highest BCUT2D eigenvalue weighted by molar-refractivity contribution is 6.06. The molecule has 0 atom stereocenters. The van der Waals surface area contributed by atoms with Crippen LogP contribution in [-0.2, 0) is 0 Å². The summed E-state index contributed by atoms with van der Waals surface area (Å²) in [6.07, 6.45) is 1.82. The number of carbonyl (C=O) groups is 1. The lowest BCUT2D eigenvalue weighted by Gasteiger charge is -2.20. The van der Waals surface area contributed by atoms with E-state index in [9.17, 15) is 4.79 Å². The lowest BCUT2D eigenvalue weighted by molar-refractivity contribution is 0.102. The van der Waals surface area contributed by atoms with Crippen LogP contribution in [-0.4, -0.2) is 54.0 Å². The topological polar surface area (TPSA) is 82.2 Å². The molecule has 1 aromatic heterocycles. The van der Waals surface area contributed by atoms with E-state index in [4.69, 9.17) is 0 Å². The van der Waals surface area contributed by atoms with Gasteiger partial charge in [-0.05, 0) is 85.6 Å². The molecule has 3 N–H and O–H groups in total. The van der Waals surface area contributed by atoms with Crippen molar-refractivity contribution < 1.29 is 4.79 Å². The van der Waals surface area contributed by atoms with Gasteiger partial charge >= 0.3 is 0 Å². The van der Waals surface area contributed by atoms with E-state index in [-0.39, 0.29) is 5.91 Å². The van der Waals surface area contributed by atoms with E-state index in [0.717, 1.165) is 70.7 Å². The average Bonchev–Trinajstić information content (AvgIpc) is 2.91. The van der Waals surface area contributed by atoms with Gasteiger partial charge < -0.3 is 20.9 Å².